The largest absolute Gasteiger partial charge is 0.496 e. The zero-order chi connectivity index (χ0) is 18.4. The van der Waals surface area contributed by atoms with Gasteiger partial charge in [0.2, 0.25) is 0 Å². The molecule has 1 heterocycles. The normalized spacial score (nSPS) is 17.2. The summed E-state index contributed by atoms with van der Waals surface area (Å²) in [5.41, 5.74) is 1.83. The Morgan fingerprint density at radius 1 is 1.19 bits per heavy atom. The fraction of sp³-hybridized carbons (Fsp3) is 0.429. The molecule has 0 aliphatic carbocycles. The minimum Gasteiger partial charge on any atom is -0.496 e. The molecule has 0 radical (unpaired) electrons. The van der Waals surface area contributed by atoms with Gasteiger partial charge in [-0.3, -0.25) is 4.90 Å². The molecule has 0 saturated carbocycles. The number of methoxy groups -OCH3 is 1. The van der Waals surface area contributed by atoms with E-state index in [1.165, 1.54) is 6.07 Å². The fourth-order valence-corrected chi connectivity index (χ4v) is 3.52. The van der Waals surface area contributed by atoms with Crippen molar-refractivity contribution in [3.63, 3.8) is 0 Å². The van der Waals surface area contributed by atoms with Gasteiger partial charge in [-0.1, -0.05) is 30.3 Å². The summed E-state index contributed by atoms with van der Waals surface area (Å²) in [4.78, 5) is 2.35. The van der Waals surface area contributed by atoms with E-state index in [0.717, 1.165) is 43.6 Å². The number of para-hydroxylation sites is 1. The molecule has 4 nitrogen and oxygen atoms in total. The quantitative estimate of drug-likeness (QED) is 0.798. The zero-order valence-electron chi connectivity index (χ0n) is 15.2. The van der Waals surface area contributed by atoms with E-state index in [1.807, 2.05) is 30.3 Å². The van der Waals surface area contributed by atoms with Gasteiger partial charge in [0.25, 0.3) is 0 Å². The average molecular weight is 358 g/mol. The SMILES string of the molecule is COc1ccccc1C(O)CNC1CCN(Cc2cccc(F)c2)CC1. The van der Waals surface area contributed by atoms with Crippen molar-refractivity contribution in [1.29, 1.82) is 0 Å². The highest BCUT2D eigenvalue weighted by atomic mass is 19.1. The van der Waals surface area contributed by atoms with Crippen molar-refractivity contribution in [2.24, 2.45) is 0 Å². The Bertz CT molecular complexity index is 702. The van der Waals surface area contributed by atoms with Crippen LogP contribution in [0.1, 0.15) is 30.1 Å². The molecular formula is C21H27FN2O2. The number of likely N-dealkylation sites (tertiary alicyclic amines) is 1. The Labute approximate surface area is 154 Å². The lowest BCUT2D eigenvalue weighted by Crippen LogP contribution is -2.43. The molecule has 5 heteroatoms. The monoisotopic (exact) mass is 358 g/mol. The number of benzene rings is 2. The van der Waals surface area contributed by atoms with Gasteiger partial charge in [0.1, 0.15) is 11.6 Å². The highest BCUT2D eigenvalue weighted by Crippen LogP contribution is 2.24. The van der Waals surface area contributed by atoms with Crippen LogP contribution in [0.25, 0.3) is 0 Å². The van der Waals surface area contributed by atoms with Gasteiger partial charge < -0.3 is 15.2 Å². The molecule has 2 aromatic carbocycles. The Balaban J connectivity index is 1.44. The number of rotatable bonds is 7. The minimum absolute atomic E-state index is 0.176. The number of nitrogens with zero attached hydrogens (tertiary/aromatic N) is 1. The van der Waals surface area contributed by atoms with Crippen LogP contribution in [0.15, 0.2) is 48.5 Å². The number of aliphatic hydroxyl groups excluding tert-OH is 1. The number of hydrogen-bond acceptors (Lipinski definition) is 4. The molecule has 1 atom stereocenters. The second kappa shape index (κ2) is 9.12. The lowest BCUT2D eigenvalue weighted by molar-refractivity contribution is 0.147. The Morgan fingerprint density at radius 3 is 2.69 bits per heavy atom. The predicted octanol–water partition coefficient (Wildman–Crippen LogP) is 3.12. The third kappa shape index (κ3) is 5.04. The van der Waals surface area contributed by atoms with Crippen LogP contribution in [-0.2, 0) is 6.54 Å². The molecular weight excluding hydrogens is 331 g/mol. The van der Waals surface area contributed by atoms with Crippen LogP contribution >= 0.6 is 0 Å². The maximum absolute atomic E-state index is 13.3. The first-order valence-corrected chi connectivity index (χ1v) is 9.17. The van der Waals surface area contributed by atoms with Crippen LogP contribution in [0.4, 0.5) is 4.39 Å². The average Bonchev–Trinajstić information content (AvgIpc) is 2.67. The number of ether oxygens (including phenoxy) is 1. The van der Waals surface area contributed by atoms with E-state index in [-0.39, 0.29) is 5.82 Å². The number of piperidine rings is 1. The standard InChI is InChI=1S/C21H27FN2O2/c1-26-21-8-3-2-7-19(21)20(25)14-23-18-9-11-24(12-10-18)15-16-5-4-6-17(22)13-16/h2-8,13,18,20,23,25H,9-12,14-15H2,1H3. The van der Waals surface area contributed by atoms with Crippen LogP contribution in [-0.4, -0.2) is 42.8 Å². The first-order valence-electron chi connectivity index (χ1n) is 9.17. The number of hydrogen-bond donors (Lipinski definition) is 2. The van der Waals surface area contributed by atoms with Crippen LogP contribution in [0.2, 0.25) is 0 Å². The van der Waals surface area contributed by atoms with E-state index in [9.17, 15) is 9.50 Å². The lowest BCUT2D eigenvalue weighted by Gasteiger charge is -2.33. The molecule has 0 aromatic heterocycles. The summed E-state index contributed by atoms with van der Waals surface area (Å²) < 4.78 is 18.6. The fourth-order valence-electron chi connectivity index (χ4n) is 3.52. The maximum atomic E-state index is 13.3. The van der Waals surface area contributed by atoms with E-state index in [0.29, 0.717) is 18.3 Å². The van der Waals surface area contributed by atoms with Gasteiger partial charge in [-0.2, -0.15) is 0 Å². The van der Waals surface area contributed by atoms with Crippen LogP contribution in [0.5, 0.6) is 5.75 Å². The number of nitrogens with one attached hydrogen (secondary N) is 1. The van der Waals surface area contributed by atoms with Crippen molar-refractivity contribution in [2.45, 2.75) is 31.5 Å². The lowest BCUT2D eigenvalue weighted by atomic mass is 10.0. The first-order chi connectivity index (χ1) is 12.7. The van der Waals surface area contributed by atoms with Gasteiger partial charge in [-0.25, -0.2) is 4.39 Å². The van der Waals surface area contributed by atoms with Crippen LogP contribution in [0.3, 0.4) is 0 Å². The first kappa shape index (κ1) is 18.8. The molecule has 26 heavy (non-hydrogen) atoms. The van der Waals surface area contributed by atoms with Crippen molar-refractivity contribution >= 4 is 0 Å². The van der Waals surface area contributed by atoms with Gasteiger partial charge in [0, 0.05) is 24.7 Å². The van der Waals surface area contributed by atoms with Gasteiger partial charge in [-0.15, -0.1) is 0 Å². The third-order valence-corrected chi connectivity index (χ3v) is 4.98. The third-order valence-electron chi connectivity index (χ3n) is 4.98. The van der Waals surface area contributed by atoms with Gasteiger partial charge >= 0.3 is 0 Å². The molecule has 3 rings (SSSR count). The topological polar surface area (TPSA) is 44.7 Å². The van der Waals surface area contributed by atoms with Crippen LogP contribution in [0, 0.1) is 5.82 Å². The van der Waals surface area contributed by atoms with Crippen LogP contribution < -0.4 is 10.1 Å². The Morgan fingerprint density at radius 2 is 1.96 bits per heavy atom. The molecule has 2 aromatic rings. The highest BCUT2D eigenvalue weighted by molar-refractivity contribution is 5.35. The molecule has 2 N–H and O–H groups in total. The van der Waals surface area contributed by atoms with Crippen molar-refractivity contribution < 1.29 is 14.2 Å². The van der Waals surface area contributed by atoms with Gasteiger partial charge in [0.15, 0.2) is 0 Å². The smallest absolute Gasteiger partial charge is 0.124 e. The molecule has 0 spiro atoms. The molecule has 0 amide bonds. The molecule has 1 unspecified atom stereocenters. The van der Waals surface area contributed by atoms with Gasteiger partial charge in [0.05, 0.1) is 13.2 Å². The zero-order valence-corrected chi connectivity index (χ0v) is 15.2. The summed E-state index contributed by atoms with van der Waals surface area (Å²) in [6, 6.07) is 14.8. The minimum atomic E-state index is -0.587. The summed E-state index contributed by atoms with van der Waals surface area (Å²) in [7, 11) is 1.62. The van der Waals surface area contributed by atoms with Gasteiger partial charge in [-0.05, 0) is 49.7 Å². The van der Waals surface area contributed by atoms with Crippen molar-refractivity contribution in [3.05, 3.63) is 65.5 Å². The molecule has 1 aliphatic rings. The highest BCUT2D eigenvalue weighted by Gasteiger charge is 2.21. The van der Waals surface area contributed by atoms with E-state index in [2.05, 4.69) is 10.2 Å². The number of aliphatic hydroxyl groups is 1. The second-order valence-corrected chi connectivity index (χ2v) is 6.85. The van der Waals surface area contributed by atoms with Crippen molar-refractivity contribution in [1.82, 2.24) is 10.2 Å². The second-order valence-electron chi connectivity index (χ2n) is 6.85. The predicted molar refractivity (Wildman–Crippen MR) is 101 cm³/mol. The van der Waals surface area contributed by atoms with E-state index < -0.39 is 6.10 Å². The van der Waals surface area contributed by atoms with Crippen molar-refractivity contribution in [3.8, 4) is 5.75 Å². The Hall–Kier alpha value is -1.95. The molecule has 140 valence electrons. The van der Waals surface area contributed by atoms with E-state index in [4.69, 9.17) is 4.74 Å². The molecule has 0 bridgehead atoms. The van der Waals surface area contributed by atoms with Crippen molar-refractivity contribution in [2.75, 3.05) is 26.7 Å². The molecule has 1 saturated heterocycles. The molecule has 1 aliphatic heterocycles. The summed E-state index contributed by atoms with van der Waals surface area (Å²) in [6.45, 7) is 3.24. The Kier molecular flexibility index (Phi) is 6.61. The summed E-state index contributed by atoms with van der Waals surface area (Å²) in [5.74, 6) is 0.538. The summed E-state index contributed by atoms with van der Waals surface area (Å²) >= 11 is 0. The van der Waals surface area contributed by atoms with E-state index >= 15 is 0 Å². The molecule has 1 fully saturated rings. The summed E-state index contributed by atoms with van der Waals surface area (Å²) in [5, 5.41) is 13.9. The van der Waals surface area contributed by atoms with E-state index in [1.54, 1.807) is 19.2 Å². The number of halogens is 1. The summed E-state index contributed by atoms with van der Waals surface area (Å²) in [6.07, 6.45) is 1.46. The maximum Gasteiger partial charge on any atom is 0.124 e.